The van der Waals surface area contributed by atoms with Crippen molar-refractivity contribution in [2.45, 2.75) is 12.5 Å². The van der Waals surface area contributed by atoms with E-state index in [9.17, 15) is 0 Å². The smallest absolute Gasteiger partial charge is 0.229 e. The van der Waals surface area contributed by atoms with Crippen LogP contribution >= 0.6 is 0 Å². The van der Waals surface area contributed by atoms with Crippen LogP contribution in [-0.2, 0) is 15.9 Å². The molecule has 0 aliphatic carbocycles. The average molecular weight is 359 g/mol. The highest BCUT2D eigenvalue weighted by Crippen LogP contribution is 2.31. The highest BCUT2D eigenvalue weighted by atomic mass is 16.7. The van der Waals surface area contributed by atoms with Crippen LogP contribution in [0.2, 0.25) is 0 Å². The quantitative estimate of drug-likeness (QED) is 0.617. The van der Waals surface area contributed by atoms with Crippen molar-refractivity contribution in [3.8, 4) is 11.5 Å². The maximum absolute atomic E-state index is 6.07. The molecule has 0 radical (unpaired) electrons. The van der Waals surface area contributed by atoms with Gasteiger partial charge in [0.1, 0.15) is 12.0 Å². The van der Waals surface area contributed by atoms with Crippen LogP contribution in [0.1, 0.15) is 5.56 Å². The summed E-state index contributed by atoms with van der Waals surface area (Å²) in [4.78, 5) is 0. The summed E-state index contributed by atoms with van der Waals surface area (Å²) in [6.07, 6.45) is 2.46. The lowest BCUT2D eigenvalue weighted by molar-refractivity contribution is 0.0764. The van der Waals surface area contributed by atoms with Crippen LogP contribution in [0.4, 0.5) is 5.69 Å². The van der Waals surface area contributed by atoms with Crippen LogP contribution in [-0.4, -0.2) is 12.8 Å². The summed E-state index contributed by atoms with van der Waals surface area (Å²) in [6.45, 7) is 0.254. The molecule has 27 heavy (non-hydrogen) atoms. The van der Waals surface area contributed by atoms with E-state index in [0.717, 1.165) is 29.4 Å². The largest absolute Gasteiger partial charge is 0.462 e. The Morgan fingerprint density at radius 2 is 1.56 bits per heavy atom. The third kappa shape index (κ3) is 4.42. The standard InChI is InChI=1S/C23H21NO3/c1-3-9-18(10-4-1)15-21(23-16-25-17-26-23)24-20-13-7-8-14-22(20)27-19-11-5-2-6-12-19/h1-14,16,21,24H,15,17H2. The fourth-order valence-electron chi connectivity index (χ4n) is 2.99. The molecule has 1 atom stereocenters. The van der Waals surface area contributed by atoms with E-state index >= 15 is 0 Å². The number of hydrogen-bond donors (Lipinski definition) is 1. The van der Waals surface area contributed by atoms with Crippen molar-refractivity contribution in [3.63, 3.8) is 0 Å². The van der Waals surface area contributed by atoms with Crippen LogP contribution in [0.3, 0.4) is 0 Å². The van der Waals surface area contributed by atoms with E-state index < -0.39 is 0 Å². The summed E-state index contributed by atoms with van der Waals surface area (Å²) >= 11 is 0. The van der Waals surface area contributed by atoms with E-state index in [1.807, 2.05) is 72.8 Å². The van der Waals surface area contributed by atoms with Gasteiger partial charge in [-0.1, -0.05) is 60.7 Å². The number of para-hydroxylation sites is 3. The molecule has 0 spiro atoms. The molecule has 4 nitrogen and oxygen atoms in total. The van der Waals surface area contributed by atoms with Gasteiger partial charge in [0.05, 0.1) is 11.7 Å². The minimum absolute atomic E-state index is 0.0598. The Labute approximate surface area is 159 Å². The van der Waals surface area contributed by atoms with E-state index in [1.165, 1.54) is 5.56 Å². The second kappa shape index (κ2) is 8.32. The van der Waals surface area contributed by atoms with Crippen molar-refractivity contribution in [3.05, 3.63) is 103 Å². The third-order valence-corrected chi connectivity index (χ3v) is 4.31. The number of hydrogen-bond acceptors (Lipinski definition) is 4. The zero-order chi connectivity index (χ0) is 18.3. The number of ether oxygens (including phenoxy) is 3. The van der Waals surface area contributed by atoms with Crippen molar-refractivity contribution in [1.82, 2.24) is 0 Å². The minimum atomic E-state index is -0.0598. The molecule has 4 rings (SSSR count). The summed E-state index contributed by atoms with van der Waals surface area (Å²) in [6, 6.07) is 27.9. The molecule has 1 aliphatic heterocycles. The number of rotatable bonds is 7. The van der Waals surface area contributed by atoms with Gasteiger partial charge in [-0.25, -0.2) is 0 Å². The van der Waals surface area contributed by atoms with E-state index in [0.29, 0.717) is 0 Å². The van der Waals surface area contributed by atoms with Crippen molar-refractivity contribution >= 4 is 5.69 Å². The predicted molar refractivity (Wildman–Crippen MR) is 106 cm³/mol. The summed E-state index contributed by atoms with van der Waals surface area (Å²) in [5, 5.41) is 3.56. The van der Waals surface area contributed by atoms with Gasteiger partial charge < -0.3 is 19.5 Å². The Morgan fingerprint density at radius 3 is 2.30 bits per heavy atom. The summed E-state index contributed by atoms with van der Waals surface area (Å²) < 4.78 is 17.0. The van der Waals surface area contributed by atoms with Crippen molar-refractivity contribution in [2.24, 2.45) is 0 Å². The molecule has 3 aromatic carbocycles. The molecule has 3 aromatic rings. The van der Waals surface area contributed by atoms with E-state index in [-0.39, 0.29) is 12.8 Å². The summed E-state index contributed by atoms with van der Waals surface area (Å²) in [5.74, 6) is 2.35. The molecule has 4 heteroatoms. The molecular weight excluding hydrogens is 338 g/mol. The monoisotopic (exact) mass is 359 g/mol. The molecular formula is C23H21NO3. The minimum Gasteiger partial charge on any atom is -0.462 e. The summed E-state index contributed by atoms with van der Waals surface area (Å²) in [5.41, 5.74) is 2.12. The molecule has 1 heterocycles. The lowest BCUT2D eigenvalue weighted by atomic mass is 10.0. The third-order valence-electron chi connectivity index (χ3n) is 4.31. The average Bonchev–Trinajstić information content (AvgIpc) is 3.25. The van der Waals surface area contributed by atoms with Gasteiger partial charge in [0, 0.05) is 0 Å². The van der Waals surface area contributed by atoms with Gasteiger partial charge in [0.2, 0.25) is 6.79 Å². The van der Waals surface area contributed by atoms with Gasteiger partial charge in [0.15, 0.2) is 11.5 Å². The predicted octanol–water partition coefficient (Wildman–Crippen LogP) is 5.35. The first-order chi connectivity index (χ1) is 13.4. The normalized spacial score (nSPS) is 13.9. The van der Waals surface area contributed by atoms with Crippen molar-refractivity contribution < 1.29 is 14.2 Å². The molecule has 0 saturated carbocycles. The fraction of sp³-hybridized carbons (Fsp3) is 0.130. The van der Waals surface area contributed by atoms with Crippen LogP contribution < -0.4 is 10.1 Å². The SMILES string of the molecule is C1=C(C(Cc2ccccc2)Nc2ccccc2Oc2ccccc2)OCO1. The second-order valence-electron chi connectivity index (χ2n) is 6.25. The summed E-state index contributed by atoms with van der Waals surface area (Å²) in [7, 11) is 0. The number of nitrogens with one attached hydrogen (secondary N) is 1. The van der Waals surface area contributed by atoms with Crippen molar-refractivity contribution in [2.75, 3.05) is 12.1 Å². The van der Waals surface area contributed by atoms with Gasteiger partial charge >= 0.3 is 0 Å². The molecule has 0 amide bonds. The van der Waals surface area contributed by atoms with Gasteiger partial charge in [-0.05, 0) is 36.2 Å². The van der Waals surface area contributed by atoms with Gasteiger partial charge in [0.25, 0.3) is 0 Å². The first-order valence-corrected chi connectivity index (χ1v) is 8.95. The highest BCUT2D eigenvalue weighted by Gasteiger charge is 2.22. The Morgan fingerprint density at radius 1 is 0.852 bits per heavy atom. The van der Waals surface area contributed by atoms with E-state index in [4.69, 9.17) is 14.2 Å². The van der Waals surface area contributed by atoms with Gasteiger partial charge in [-0.3, -0.25) is 0 Å². The lowest BCUT2D eigenvalue weighted by Gasteiger charge is -2.21. The molecule has 136 valence electrons. The molecule has 1 unspecified atom stereocenters. The van der Waals surface area contributed by atoms with Gasteiger partial charge in [-0.15, -0.1) is 0 Å². The fourth-order valence-corrected chi connectivity index (χ4v) is 2.99. The lowest BCUT2D eigenvalue weighted by Crippen LogP contribution is -2.25. The van der Waals surface area contributed by atoms with E-state index in [2.05, 4.69) is 17.4 Å². The number of anilines is 1. The molecule has 0 fully saturated rings. The first kappa shape index (κ1) is 17.0. The van der Waals surface area contributed by atoms with Crippen LogP contribution in [0.5, 0.6) is 11.5 Å². The van der Waals surface area contributed by atoms with Crippen LogP contribution in [0.15, 0.2) is 97.0 Å². The van der Waals surface area contributed by atoms with Crippen molar-refractivity contribution in [1.29, 1.82) is 0 Å². The molecule has 0 saturated heterocycles. The van der Waals surface area contributed by atoms with Crippen LogP contribution in [0.25, 0.3) is 0 Å². The molecule has 1 aliphatic rings. The Kier molecular flexibility index (Phi) is 5.25. The van der Waals surface area contributed by atoms with Crippen LogP contribution in [0, 0.1) is 0 Å². The Hall–Kier alpha value is -3.40. The molecule has 0 bridgehead atoms. The molecule has 0 aromatic heterocycles. The maximum atomic E-state index is 6.07. The maximum Gasteiger partial charge on any atom is 0.229 e. The zero-order valence-corrected chi connectivity index (χ0v) is 14.9. The Bertz CT molecular complexity index is 894. The second-order valence-corrected chi connectivity index (χ2v) is 6.25. The first-order valence-electron chi connectivity index (χ1n) is 8.95. The zero-order valence-electron chi connectivity index (χ0n) is 14.9. The van der Waals surface area contributed by atoms with E-state index in [1.54, 1.807) is 6.26 Å². The number of benzene rings is 3. The molecule has 1 N–H and O–H groups in total. The highest BCUT2D eigenvalue weighted by molar-refractivity contribution is 5.59. The van der Waals surface area contributed by atoms with Gasteiger partial charge in [-0.2, -0.15) is 0 Å². The topological polar surface area (TPSA) is 39.7 Å². The Balaban J connectivity index is 1.57.